The van der Waals surface area contributed by atoms with Crippen LogP contribution in [-0.4, -0.2) is 12.3 Å². The van der Waals surface area contributed by atoms with Gasteiger partial charge in [-0.3, -0.25) is 0 Å². The number of hydrogen-bond donors (Lipinski definition) is 2. The van der Waals surface area contributed by atoms with Gasteiger partial charge < -0.3 is 10.7 Å². The van der Waals surface area contributed by atoms with E-state index in [1.165, 1.54) is 6.21 Å². The lowest BCUT2D eigenvalue weighted by Gasteiger charge is -2.35. The summed E-state index contributed by atoms with van der Waals surface area (Å²) in [5.74, 6) is 0.560. The third-order valence-electron chi connectivity index (χ3n) is 2.39. The van der Waals surface area contributed by atoms with Gasteiger partial charge in [-0.15, -0.1) is 0 Å². The molecular formula is C12H26N2. The number of rotatable bonds is 4. The molecule has 2 heteroatoms. The van der Waals surface area contributed by atoms with E-state index in [-0.39, 0.29) is 6.84 Å². The van der Waals surface area contributed by atoms with Crippen LogP contribution < -0.4 is 5.32 Å². The van der Waals surface area contributed by atoms with E-state index in [4.69, 9.17) is 5.41 Å². The molecule has 0 saturated heterocycles. The van der Waals surface area contributed by atoms with Crippen molar-refractivity contribution < 1.29 is 1.43 Å². The quantitative estimate of drug-likeness (QED) is 0.667. The van der Waals surface area contributed by atoms with E-state index < -0.39 is 0 Å². The lowest BCUT2D eigenvalue weighted by molar-refractivity contribution is 0.228. The van der Waals surface area contributed by atoms with Crippen molar-refractivity contribution in [2.75, 3.05) is 0 Å². The van der Waals surface area contributed by atoms with Crippen molar-refractivity contribution in [2.24, 2.45) is 11.3 Å². The maximum absolute atomic E-state index is 7.24. The third-order valence-corrected chi connectivity index (χ3v) is 2.39. The van der Waals surface area contributed by atoms with Crippen LogP contribution in [0.1, 0.15) is 43.0 Å². The Hall–Kier alpha value is -0.790. The van der Waals surface area contributed by atoms with Crippen LogP contribution in [0, 0.1) is 16.7 Å². The van der Waals surface area contributed by atoms with Gasteiger partial charge in [0.1, 0.15) is 0 Å². The summed E-state index contributed by atoms with van der Waals surface area (Å²) in [6.45, 7) is 13.0. The highest BCUT2D eigenvalue weighted by Gasteiger charge is 2.27. The van der Waals surface area contributed by atoms with Crippen LogP contribution in [-0.2, 0) is 0 Å². The van der Waals surface area contributed by atoms with E-state index in [0.717, 1.165) is 5.70 Å². The lowest BCUT2D eigenvalue weighted by Crippen LogP contribution is -2.43. The van der Waals surface area contributed by atoms with Crippen molar-refractivity contribution in [1.82, 2.24) is 5.32 Å². The van der Waals surface area contributed by atoms with E-state index in [2.05, 4.69) is 39.9 Å². The van der Waals surface area contributed by atoms with Crippen LogP contribution in [0.5, 0.6) is 0 Å². The summed E-state index contributed by atoms with van der Waals surface area (Å²) in [7, 11) is 0. The van der Waals surface area contributed by atoms with Gasteiger partial charge in [-0.05, 0) is 18.3 Å². The first-order chi connectivity index (χ1) is 6.32. The highest BCUT2D eigenvalue weighted by molar-refractivity contribution is 5.74. The molecule has 0 aliphatic rings. The molecule has 0 fully saturated rings. The van der Waals surface area contributed by atoms with Crippen molar-refractivity contribution in [1.29, 1.82) is 5.41 Å². The Kier molecular flexibility index (Phi) is 4.89. The summed E-state index contributed by atoms with van der Waals surface area (Å²) in [6.07, 6.45) is 3.31. The average Bonchev–Trinajstić information content (AvgIpc) is 2.03. The van der Waals surface area contributed by atoms with Crippen LogP contribution in [0.2, 0.25) is 0 Å². The Morgan fingerprint density at radius 1 is 1.36 bits per heavy atom. The normalized spacial score (nSPS) is 15.5. The minimum Gasteiger partial charge on any atom is -0.381 e. The molecule has 0 aliphatic heterocycles. The van der Waals surface area contributed by atoms with Gasteiger partial charge in [-0.2, -0.15) is 0 Å². The standard InChI is InChI=1S/C12H24N2.H2/c1-7-10(8-13)14-11(9(2)3)12(4,5)6;/h7-9,11,13-14H,1-6H3;1H/b10-7+,13-8?;/t11-;/m1./s1. The molecule has 0 rings (SSSR count). The zero-order valence-corrected chi connectivity index (χ0v) is 10.3. The molecular weight excluding hydrogens is 172 g/mol. The van der Waals surface area contributed by atoms with E-state index in [0.29, 0.717) is 12.0 Å². The molecule has 2 N–H and O–H groups in total. The van der Waals surface area contributed by atoms with Crippen molar-refractivity contribution in [3.05, 3.63) is 11.8 Å². The molecule has 0 unspecified atom stereocenters. The number of allylic oxidation sites excluding steroid dienone is 2. The van der Waals surface area contributed by atoms with Gasteiger partial charge in [-0.1, -0.05) is 40.7 Å². The molecule has 0 aliphatic carbocycles. The van der Waals surface area contributed by atoms with E-state index in [1.807, 2.05) is 13.0 Å². The minimum atomic E-state index is 0. The first kappa shape index (κ1) is 13.2. The maximum atomic E-state index is 7.24. The fraction of sp³-hybridized carbons (Fsp3) is 0.750. The van der Waals surface area contributed by atoms with Gasteiger partial charge in [0.25, 0.3) is 0 Å². The van der Waals surface area contributed by atoms with Crippen LogP contribution in [0.3, 0.4) is 0 Å². The van der Waals surface area contributed by atoms with Gasteiger partial charge in [-0.25, -0.2) is 0 Å². The molecule has 0 aromatic carbocycles. The third kappa shape index (κ3) is 3.95. The Morgan fingerprint density at radius 2 is 1.86 bits per heavy atom. The summed E-state index contributed by atoms with van der Waals surface area (Å²) in [4.78, 5) is 0. The SMILES string of the molecule is C/C=C(\C=N)N[C@H](C(C)C)C(C)(C)C.[HH]. The predicted octanol–water partition coefficient (Wildman–Crippen LogP) is 3.45. The second kappa shape index (κ2) is 5.18. The van der Waals surface area contributed by atoms with Gasteiger partial charge in [0, 0.05) is 19.4 Å². The zero-order valence-electron chi connectivity index (χ0n) is 10.3. The van der Waals surface area contributed by atoms with Gasteiger partial charge >= 0.3 is 0 Å². The lowest BCUT2D eigenvalue weighted by atomic mass is 9.80. The van der Waals surface area contributed by atoms with E-state index >= 15 is 0 Å². The predicted molar refractivity (Wildman–Crippen MR) is 65.9 cm³/mol. The molecule has 0 amide bonds. The second-order valence-electron chi connectivity index (χ2n) is 5.12. The van der Waals surface area contributed by atoms with Crippen molar-refractivity contribution in [2.45, 2.75) is 47.6 Å². The molecule has 84 valence electrons. The average molecular weight is 198 g/mol. The van der Waals surface area contributed by atoms with Crippen LogP contribution in [0.15, 0.2) is 11.8 Å². The molecule has 0 spiro atoms. The summed E-state index contributed by atoms with van der Waals surface area (Å²) < 4.78 is 0. The van der Waals surface area contributed by atoms with Crippen molar-refractivity contribution >= 4 is 6.21 Å². The smallest absolute Gasteiger partial charge is 0.0478 e. The monoisotopic (exact) mass is 198 g/mol. The molecule has 0 bridgehead atoms. The van der Waals surface area contributed by atoms with Gasteiger partial charge in [0.15, 0.2) is 0 Å². The zero-order chi connectivity index (χ0) is 11.4. The molecule has 0 saturated carbocycles. The fourth-order valence-electron chi connectivity index (χ4n) is 1.77. The Labute approximate surface area is 89.8 Å². The van der Waals surface area contributed by atoms with Gasteiger partial charge in [0.2, 0.25) is 0 Å². The molecule has 0 aromatic rings. The number of hydrogen-bond acceptors (Lipinski definition) is 2. The molecule has 0 radical (unpaired) electrons. The van der Waals surface area contributed by atoms with Gasteiger partial charge in [0.05, 0.1) is 0 Å². The number of nitrogens with one attached hydrogen (secondary N) is 2. The molecule has 0 heterocycles. The van der Waals surface area contributed by atoms with Crippen LogP contribution in [0.25, 0.3) is 0 Å². The fourth-order valence-corrected chi connectivity index (χ4v) is 1.77. The molecule has 2 nitrogen and oxygen atoms in total. The van der Waals surface area contributed by atoms with Crippen molar-refractivity contribution in [3.8, 4) is 0 Å². The second-order valence-corrected chi connectivity index (χ2v) is 5.12. The largest absolute Gasteiger partial charge is 0.381 e. The van der Waals surface area contributed by atoms with E-state index in [1.54, 1.807) is 0 Å². The summed E-state index contributed by atoms with van der Waals surface area (Å²) in [5, 5.41) is 10.7. The summed E-state index contributed by atoms with van der Waals surface area (Å²) in [6, 6.07) is 0.398. The Morgan fingerprint density at radius 3 is 2.07 bits per heavy atom. The maximum Gasteiger partial charge on any atom is 0.0478 e. The highest BCUT2D eigenvalue weighted by Crippen LogP contribution is 2.25. The summed E-state index contributed by atoms with van der Waals surface area (Å²) >= 11 is 0. The van der Waals surface area contributed by atoms with Crippen molar-refractivity contribution in [3.63, 3.8) is 0 Å². The minimum absolute atomic E-state index is 0. The Bertz CT molecular complexity index is 214. The summed E-state index contributed by atoms with van der Waals surface area (Å²) in [5.41, 5.74) is 1.12. The van der Waals surface area contributed by atoms with Crippen LogP contribution in [0.4, 0.5) is 0 Å². The molecule has 1 atom stereocenters. The first-order valence-electron chi connectivity index (χ1n) is 5.26. The Balaban J connectivity index is 0. The van der Waals surface area contributed by atoms with Crippen LogP contribution >= 0.6 is 0 Å². The highest BCUT2D eigenvalue weighted by atomic mass is 14.9. The topological polar surface area (TPSA) is 35.9 Å². The molecule has 0 aromatic heterocycles. The van der Waals surface area contributed by atoms with E-state index in [9.17, 15) is 0 Å². The molecule has 14 heavy (non-hydrogen) atoms. The first-order valence-corrected chi connectivity index (χ1v) is 5.26.